The molecule has 0 saturated heterocycles. The summed E-state index contributed by atoms with van der Waals surface area (Å²) in [7, 11) is 0. The maximum Gasteiger partial charge on any atom is 0.335 e. The lowest BCUT2D eigenvalue weighted by molar-refractivity contribution is 0.0561. The van der Waals surface area contributed by atoms with Gasteiger partial charge < -0.3 is 5.11 Å². The van der Waals surface area contributed by atoms with Crippen molar-refractivity contribution >= 4 is 29.2 Å². The van der Waals surface area contributed by atoms with Crippen LogP contribution in [0, 0.1) is 5.82 Å². The van der Waals surface area contributed by atoms with Crippen molar-refractivity contribution in [3.63, 3.8) is 0 Å². The zero-order chi connectivity index (χ0) is 31.0. The van der Waals surface area contributed by atoms with Crippen LogP contribution in [0.25, 0.3) is 27.9 Å². The third-order valence-electron chi connectivity index (χ3n) is 6.85. The summed E-state index contributed by atoms with van der Waals surface area (Å²) in [6, 6.07) is 13.5. The molecular weight excluding hydrogens is 620 g/mol. The molecule has 1 unspecified atom stereocenters. The molecule has 0 fully saturated rings. The number of nitrogens with zero attached hydrogens (tertiary/aromatic N) is 8. The standard InChI is InChI=1S/C29H19Cl2F3N8O2/c30-21-6-8-23(42-15-25(31)37-39-42)26(27(21)32)18-5-7-22(35-12-18)24(11-20-9-10-40(38-20)29(33)34)41-14-19(13-36-41)16-1-3-17(4-2-16)28(43)44/h1-10,12-15,24,29H,11H2,(H,43,44). The number of aromatic carboxylic acids is 1. The smallest absolute Gasteiger partial charge is 0.335 e. The second-order valence-electron chi connectivity index (χ2n) is 9.59. The Morgan fingerprint density at radius 3 is 2.32 bits per heavy atom. The number of hydrogen-bond acceptors (Lipinski definition) is 6. The lowest BCUT2D eigenvalue weighted by Gasteiger charge is -2.17. The van der Waals surface area contributed by atoms with Gasteiger partial charge >= 0.3 is 12.5 Å². The highest BCUT2D eigenvalue weighted by molar-refractivity contribution is 6.31. The molecule has 1 N–H and O–H groups in total. The van der Waals surface area contributed by atoms with Crippen LogP contribution in [0.2, 0.25) is 10.2 Å². The first kappa shape index (κ1) is 29.1. The highest BCUT2D eigenvalue weighted by Gasteiger charge is 2.22. The van der Waals surface area contributed by atoms with E-state index in [9.17, 15) is 18.7 Å². The molecule has 0 saturated carbocycles. The normalized spacial score (nSPS) is 12.1. The van der Waals surface area contributed by atoms with Crippen LogP contribution < -0.4 is 0 Å². The Kier molecular flexibility index (Phi) is 7.89. The molecular formula is C29H19Cl2F3N8O2. The van der Waals surface area contributed by atoms with Crippen LogP contribution in [0.4, 0.5) is 13.2 Å². The van der Waals surface area contributed by atoms with E-state index < -0.39 is 24.4 Å². The fraction of sp³-hybridized carbons (Fsp3) is 0.103. The topological polar surface area (TPSA) is 117 Å². The Balaban J connectivity index is 1.38. The number of aromatic nitrogens is 8. The Morgan fingerprint density at radius 2 is 1.68 bits per heavy atom. The lowest BCUT2D eigenvalue weighted by Crippen LogP contribution is -2.16. The molecule has 0 aliphatic carbocycles. The van der Waals surface area contributed by atoms with Gasteiger partial charge in [-0.25, -0.2) is 18.5 Å². The van der Waals surface area contributed by atoms with E-state index in [1.54, 1.807) is 47.4 Å². The van der Waals surface area contributed by atoms with Gasteiger partial charge in [0, 0.05) is 41.7 Å². The lowest BCUT2D eigenvalue weighted by atomic mass is 10.0. The molecule has 4 aromatic heterocycles. The van der Waals surface area contributed by atoms with Crippen molar-refractivity contribution < 1.29 is 23.1 Å². The van der Waals surface area contributed by atoms with E-state index in [-0.39, 0.29) is 27.7 Å². The number of carbonyl (C=O) groups is 1. The van der Waals surface area contributed by atoms with Gasteiger partial charge in [-0.15, -0.1) is 5.10 Å². The molecule has 222 valence electrons. The summed E-state index contributed by atoms with van der Waals surface area (Å²) in [4.78, 5) is 15.8. The second kappa shape index (κ2) is 11.9. The molecule has 0 amide bonds. The first-order chi connectivity index (χ1) is 21.2. The monoisotopic (exact) mass is 638 g/mol. The number of carboxylic acids is 1. The van der Waals surface area contributed by atoms with Gasteiger partial charge in [0.15, 0.2) is 11.0 Å². The quantitative estimate of drug-likeness (QED) is 0.186. The molecule has 6 aromatic rings. The minimum absolute atomic E-state index is 0.105. The number of alkyl halides is 2. The van der Waals surface area contributed by atoms with Crippen molar-refractivity contribution in [3.8, 4) is 27.9 Å². The SMILES string of the molecule is O=C(O)c1ccc(-c2cnn(C(Cc3ccn(C(F)F)n3)c3ccc(-c4c(-n5cc(Cl)nn5)ccc(Cl)c4F)cn3)c2)cc1. The van der Waals surface area contributed by atoms with Crippen LogP contribution in [-0.4, -0.2) is 50.6 Å². The first-order valence-electron chi connectivity index (χ1n) is 12.9. The number of carboxylic acid groups (broad SMARTS) is 1. The fourth-order valence-electron chi connectivity index (χ4n) is 4.71. The van der Waals surface area contributed by atoms with Gasteiger partial charge in [0.05, 0.1) is 46.1 Å². The van der Waals surface area contributed by atoms with Gasteiger partial charge in [-0.2, -0.15) is 19.0 Å². The molecule has 4 heterocycles. The van der Waals surface area contributed by atoms with Gasteiger partial charge in [0.1, 0.15) is 0 Å². The number of benzene rings is 2. The summed E-state index contributed by atoms with van der Waals surface area (Å²) in [5, 5.41) is 25.4. The Morgan fingerprint density at radius 1 is 0.909 bits per heavy atom. The molecule has 0 radical (unpaired) electrons. The molecule has 0 bridgehead atoms. The summed E-state index contributed by atoms with van der Waals surface area (Å²) < 4.78 is 45.3. The largest absolute Gasteiger partial charge is 0.478 e. The van der Waals surface area contributed by atoms with Crippen molar-refractivity contribution in [2.75, 3.05) is 0 Å². The molecule has 44 heavy (non-hydrogen) atoms. The maximum atomic E-state index is 15.4. The summed E-state index contributed by atoms with van der Waals surface area (Å²) in [6.07, 6.45) is 7.57. The van der Waals surface area contributed by atoms with E-state index in [1.165, 1.54) is 47.5 Å². The fourth-order valence-corrected chi connectivity index (χ4v) is 4.99. The highest BCUT2D eigenvalue weighted by atomic mass is 35.5. The minimum atomic E-state index is -2.80. The highest BCUT2D eigenvalue weighted by Crippen LogP contribution is 2.34. The van der Waals surface area contributed by atoms with E-state index >= 15 is 4.39 Å². The van der Waals surface area contributed by atoms with Crippen LogP contribution in [0.5, 0.6) is 0 Å². The van der Waals surface area contributed by atoms with E-state index in [0.717, 1.165) is 5.56 Å². The van der Waals surface area contributed by atoms with E-state index in [0.29, 0.717) is 32.9 Å². The predicted molar refractivity (Wildman–Crippen MR) is 155 cm³/mol. The van der Waals surface area contributed by atoms with Crippen LogP contribution in [0.1, 0.15) is 34.3 Å². The number of halogens is 5. The zero-order valence-corrected chi connectivity index (χ0v) is 23.8. The van der Waals surface area contributed by atoms with Crippen molar-refractivity contribution in [1.82, 2.24) is 39.5 Å². The third kappa shape index (κ3) is 5.79. The molecule has 10 nitrogen and oxygen atoms in total. The van der Waals surface area contributed by atoms with Gasteiger partial charge in [-0.05, 0) is 42.0 Å². The van der Waals surface area contributed by atoms with Crippen LogP contribution in [0.15, 0.2) is 85.6 Å². The van der Waals surface area contributed by atoms with Gasteiger partial charge in [0.2, 0.25) is 0 Å². The van der Waals surface area contributed by atoms with Crippen molar-refractivity contribution in [3.05, 3.63) is 119 Å². The number of hydrogen-bond donors (Lipinski definition) is 1. The number of pyridine rings is 1. The molecule has 1 atom stereocenters. The molecule has 15 heteroatoms. The van der Waals surface area contributed by atoms with Gasteiger partial charge in [-0.3, -0.25) is 9.67 Å². The third-order valence-corrected chi connectivity index (χ3v) is 7.32. The second-order valence-corrected chi connectivity index (χ2v) is 10.4. The van der Waals surface area contributed by atoms with E-state index in [2.05, 4.69) is 25.5 Å². The van der Waals surface area contributed by atoms with Crippen molar-refractivity contribution in [2.45, 2.75) is 19.0 Å². The molecule has 6 rings (SSSR count). The minimum Gasteiger partial charge on any atom is -0.478 e. The van der Waals surface area contributed by atoms with E-state index in [1.807, 2.05) is 0 Å². The van der Waals surface area contributed by atoms with E-state index in [4.69, 9.17) is 23.2 Å². The summed E-state index contributed by atoms with van der Waals surface area (Å²) in [6.45, 7) is -2.80. The Hall–Kier alpha value is -5.01. The summed E-state index contributed by atoms with van der Waals surface area (Å²) in [5.41, 5.74) is 3.26. The molecule has 0 spiro atoms. The summed E-state index contributed by atoms with van der Waals surface area (Å²) in [5.74, 6) is -1.73. The number of rotatable bonds is 9. The predicted octanol–water partition coefficient (Wildman–Crippen LogP) is 6.76. The Labute approximate surface area is 256 Å². The average molecular weight is 639 g/mol. The molecule has 0 aliphatic rings. The zero-order valence-electron chi connectivity index (χ0n) is 22.3. The van der Waals surface area contributed by atoms with Crippen molar-refractivity contribution in [1.29, 1.82) is 0 Å². The molecule has 2 aromatic carbocycles. The maximum absolute atomic E-state index is 15.4. The summed E-state index contributed by atoms with van der Waals surface area (Å²) >= 11 is 12.0. The van der Waals surface area contributed by atoms with Crippen molar-refractivity contribution in [2.24, 2.45) is 0 Å². The Bertz CT molecular complexity index is 1960. The van der Waals surface area contributed by atoms with Gasteiger partial charge in [0.25, 0.3) is 0 Å². The molecule has 0 aliphatic heterocycles. The van der Waals surface area contributed by atoms with Gasteiger partial charge in [-0.1, -0.05) is 46.6 Å². The van der Waals surface area contributed by atoms with Crippen LogP contribution in [0.3, 0.4) is 0 Å². The van der Waals surface area contributed by atoms with Crippen LogP contribution in [-0.2, 0) is 6.42 Å². The first-order valence-corrected chi connectivity index (χ1v) is 13.7. The van der Waals surface area contributed by atoms with Crippen LogP contribution >= 0.6 is 23.2 Å². The average Bonchev–Trinajstić information content (AvgIpc) is 3.79.